The predicted octanol–water partition coefficient (Wildman–Crippen LogP) is -0.0466. The molecule has 0 bridgehead atoms. The van der Waals surface area contributed by atoms with Crippen LogP contribution < -0.4 is 31.0 Å². The van der Waals surface area contributed by atoms with Crippen LogP contribution in [0.3, 0.4) is 0 Å². The van der Waals surface area contributed by atoms with Crippen molar-refractivity contribution in [3.05, 3.63) is 41.9 Å². The molecule has 1 fully saturated rings. The zero-order valence-corrected chi connectivity index (χ0v) is 14.6. The molecular weight excluding hydrogens is 332 g/mol. The van der Waals surface area contributed by atoms with Gasteiger partial charge >= 0.3 is 0 Å². The maximum Gasteiger partial charge on any atom is 0.178 e. The van der Waals surface area contributed by atoms with Crippen LogP contribution in [0.1, 0.15) is 11.1 Å². The van der Waals surface area contributed by atoms with Crippen molar-refractivity contribution in [2.24, 2.45) is 5.73 Å². The lowest BCUT2D eigenvalue weighted by atomic mass is 10.0. The quantitative estimate of drug-likeness (QED) is 0.662. The Morgan fingerprint density at radius 1 is 1.23 bits per heavy atom. The average Bonchev–Trinajstić information content (AvgIpc) is 2.92. The van der Waals surface area contributed by atoms with Gasteiger partial charge in [-0.05, 0) is 12.1 Å². The van der Waals surface area contributed by atoms with Gasteiger partial charge in [0.1, 0.15) is 17.8 Å². The van der Waals surface area contributed by atoms with Gasteiger partial charge in [-0.3, -0.25) is 10.7 Å². The topological polar surface area (TPSA) is 97.6 Å². The molecule has 0 aliphatic carbocycles. The Hall–Kier alpha value is -2.86. The van der Waals surface area contributed by atoms with Crippen LogP contribution in [0.25, 0.3) is 0 Å². The molecular formula is C18H20N6O2. The molecule has 134 valence electrons. The van der Waals surface area contributed by atoms with Crippen molar-refractivity contribution in [2.45, 2.75) is 11.7 Å². The Kier molecular flexibility index (Phi) is 4.12. The number of nitrogens with one attached hydrogen (secondary N) is 2. The third-order valence-corrected chi connectivity index (χ3v) is 4.52. The van der Waals surface area contributed by atoms with Crippen LogP contribution in [0.15, 0.2) is 30.7 Å². The Morgan fingerprint density at radius 3 is 2.58 bits per heavy atom. The predicted molar refractivity (Wildman–Crippen MR) is 96.6 cm³/mol. The molecule has 0 spiro atoms. The fraction of sp³-hybridized carbons (Fsp3) is 0.333. The van der Waals surface area contributed by atoms with Gasteiger partial charge in [-0.25, -0.2) is 9.97 Å². The minimum absolute atomic E-state index is 0.285. The van der Waals surface area contributed by atoms with Crippen molar-refractivity contribution in [1.82, 2.24) is 20.7 Å². The number of rotatable bonds is 3. The fourth-order valence-corrected chi connectivity index (χ4v) is 2.96. The van der Waals surface area contributed by atoms with Crippen molar-refractivity contribution in [1.29, 1.82) is 0 Å². The SMILES string of the molecule is COc1cc(C#CC2(N)NN(C3CNC3)c3ncncc32)cc(OC)c1. The molecule has 0 amide bonds. The summed E-state index contributed by atoms with van der Waals surface area (Å²) in [7, 11) is 3.21. The van der Waals surface area contributed by atoms with Crippen LogP contribution in [0.2, 0.25) is 0 Å². The molecule has 4 N–H and O–H groups in total. The molecule has 1 aromatic carbocycles. The molecule has 8 heteroatoms. The number of benzene rings is 1. The molecule has 26 heavy (non-hydrogen) atoms. The van der Waals surface area contributed by atoms with Gasteiger partial charge in [-0.2, -0.15) is 5.43 Å². The van der Waals surface area contributed by atoms with Gasteiger partial charge in [0.2, 0.25) is 0 Å². The van der Waals surface area contributed by atoms with E-state index in [1.807, 2.05) is 17.1 Å². The molecule has 4 rings (SSSR count). The summed E-state index contributed by atoms with van der Waals surface area (Å²) in [6, 6.07) is 5.76. The van der Waals surface area contributed by atoms with E-state index in [4.69, 9.17) is 15.2 Å². The van der Waals surface area contributed by atoms with Gasteiger partial charge in [-0.1, -0.05) is 11.8 Å². The fourth-order valence-electron chi connectivity index (χ4n) is 2.96. The first-order valence-electron chi connectivity index (χ1n) is 8.26. The number of nitrogens with zero attached hydrogens (tertiary/aromatic N) is 3. The second-order valence-corrected chi connectivity index (χ2v) is 6.21. The highest BCUT2D eigenvalue weighted by Gasteiger charge is 2.43. The Balaban J connectivity index is 1.70. The van der Waals surface area contributed by atoms with E-state index in [2.05, 4.69) is 32.6 Å². The Labute approximate surface area is 151 Å². The molecule has 2 aromatic rings. The van der Waals surface area contributed by atoms with E-state index >= 15 is 0 Å². The normalized spacial score (nSPS) is 21.4. The summed E-state index contributed by atoms with van der Waals surface area (Å²) in [6.45, 7) is 1.74. The van der Waals surface area contributed by atoms with Crippen LogP contribution in [-0.2, 0) is 5.66 Å². The number of nitrogens with two attached hydrogens (primary N) is 1. The van der Waals surface area contributed by atoms with E-state index in [0.29, 0.717) is 11.5 Å². The summed E-state index contributed by atoms with van der Waals surface area (Å²) in [6.07, 6.45) is 3.23. The number of hydrazine groups is 1. The van der Waals surface area contributed by atoms with E-state index in [0.717, 1.165) is 30.0 Å². The summed E-state index contributed by atoms with van der Waals surface area (Å²) in [5, 5.41) is 5.23. The van der Waals surface area contributed by atoms with Crippen molar-refractivity contribution >= 4 is 5.82 Å². The smallest absolute Gasteiger partial charge is 0.178 e. The summed E-state index contributed by atoms with van der Waals surface area (Å²) >= 11 is 0. The first kappa shape index (κ1) is 16.6. The Bertz CT molecular complexity index is 866. The average molecular weight is 352 g/mol. The second-order valence-electron chi connectivity index (χ2n) is 6.21. The molecule has 1 aromatic heterocycles. The second kappa shape index (κ2) is 6.46. The standard InChI is InChI=1S/C18H20N6O2/c1-25-14-5-12(6-15(7-14)26-2)3-4-18(19)16-10-21-11-22-17(16)24(23-18)13-8-20-9-13/h5-7,10-11,13,20,23H,8-9,19H2,1-2H3. The summed E-state index contributed by atoms with van der Waals surface area (Å²) < 4.78 is 10.6. The number of anilines is 1. The van der Waals surface area contributed by atoms with Crippen LogP contribution in [-0.4, -0.2) is 43.3 Å². The largest absolute Gasteiger partial charge is 0.497 e. The van der Waals surface area contributed by atoms with Crippen LogP contribution in [0.4, 0.5) is 5.82 Å². The van der Waals surface area contributed by atoms with Crippen LogP contribution in [0, 0.1) is 11.8 Å². The van der Waals surface area contributed by atoms with Gasteiger partial charge in [0, 0.05) is 30.9 Å². The van der Waals surface area contributed by atoms with Crippen LogP contribution in [0.5, 0.6) is 11.5 Å². The van der Waals surface area contributed by atoms with Crippen molar-refractivity contribution < 1.29 is 9.47 Å². The lowest BCUT2D eigenvalue weighted by Crippen LogP contribution is -2.63. The number of hydrogen-bond acceptors (Lipinski definition) is 8. The minimum atomic E-state index is -1.07. The lowest BCUT2D eigenvalue weighted by Gasteiger charge is -2.37. The first-order chi connectivity index (χ1) is 12.6. The third kappa shape index (κ3) is 2.82. The maximum atomic E-state index is 6.58. The maximum absolute atomic E-state index is 6.58. The molecule has 8 nitrogen and oxygen atoms in total. The van der Waals surface area contributed by atoms with Crippen LogP contribution >= 0.6 is 0 Å². The van der Waals surface area contributed by atoms with Crippen molar-refractivity contribution in [3.8, 4) is 23.3 Å². The number of fused-ring (bicyclic) bond motifs is 1. The number of ether oxygens (including phenoxy) is 2. The lowest BCUT2D eigenvalue weighted by molar-refractivity contribution is 0.351. The van der Waals surface area contributed by atoms with Gasteiger partial charge in [0.25, 0.3) is 0 Å². The zero-order chi connectivity index (χ0) is 18.1. The summed E-state index contributed by atoms with van der Waals surface area (Å²) in [4.78, 5) is 8.50. The molecule has 1 saturated heterocycles. The van der Waals surface area contributed by atoms with Gasteiger partial charge in [0.15, 0.2) is 11.5 Å². The Morgan fingerprint density at radius 2 is 1.96 bits per heavy atom. The number of methoxy groups -OCH3 is 2. The summed E-state index contributed by atoms with van der Waals surface area (Å²) in [5.74, 6) is 8.36. The summed E-state index contributed by atoms with van der Waals surface area (Å²) in [5.41, 5.74) is 10.3. The first-order valence-corrected chi connectivity index (χ1v) is 8.26. The van der Waals surface area contributed by atoms with E-state index in [9.17, 15) is 0 Å². The molecule has 0 radical (unpaired) electrons. The molecule has 3 heterocycles. The van der Waals surface area contributed by atoms with Gasteiger partial charge < -0.3 is 14.8 Å². The zero-order valence-electron chi connectivity index (χ0n) is 14.6. The van der Waals surface area contributed by atoms with E-state index in [1.54, 1.807) is 26.5 Å². The molecule has 1 unspecified atom stereocenters. The molecule has 0 saturated carbocycles. The third-order valence-electron chi connectivity index (χ3n) is 4.52. The van der Waals surface area contributed by atoms with E-state index < -0.39 is 5.66 Å². The van der Waals surface area contributed by atoms with Crippen molar-refractivity contribution in [2.75, 3.05) is 32.3 Å². The molecule has 2 aliphatic rings. The van der Waals surface area contributed by atoms with Crippen molar-refractivity contribution in [3.63, 3.8) is 0 Å². The monoisotopic (exact) mass is 352 g/mol. The molecule has 2 aliphatic heterocycles. The van der Waals surface area contributed by atoms with E-state index in [1.165, 1.54) is 6.33 Å². The van der Waals surface area contributed by atoms with E-state index in [-0.39, 0.29) is 6.04 Å². The highest BCUT2D eigenvalue weighted by atomic mass is 16.5. The highest BCUT2D eigenvalue weighted by Crippen LogP contribution is 2.33. The van der Waals surface area contributed by atoms with Gasteiger partial charge in [-0.15, -0.1) is 0 Å². The highest BCUT2D eigenvalue weighted by molar-refractivity contribution is 5.59. The minimum Gasteiger partial charge on any atom is -0.497 e. The number of hydrogen-bond donors (Lipinski definition) is 3. The number of aromatic nitrogens is 2. The van der Waals surface area contributed by atoms with Gasteiger partial charge in [0.05, 0.1) is 25.8 Å². The molecule has 1 atom stereocenters.